The minimum atomic E-state index is -2.41. The predicted octanol–water partition coefficient (Wildman–Crippen LogP) is 0.887. The molecule has 0 saturated carbocycles. The second-order valence-corrected chi connectivity index (χ2v) is 6.89. The highest BCUT2D eigenvalue weighted by atomic mass is 32.2. The van der Waals surface area contributed by atoms with E-state index in [-0.39, 0.29) is 18.0 Å². The van der Waals surface area contributed by atoms with Crippen molar-refractivity contribution in [2.45, 2.75) is 45.3 Å². The van der Waals surface area contributed by atoms with E-state index in [0.717, 1.165) is 19.4 Å². The number of hydrogen-bond donors (Lipinski definition) is 1. The first-order chi connectivity index (χ1) is 8.69. The average molecular weight is 292 g/mol. The van der Waals surface area contributed by atoms with Gasteiger partial charge >= 0.3 is 6.09 Å². The first-order valence-electron chi connectivity index (χ1n) is 6.49. The lowest BCUT2D eigenvalue weighted by Crippen LogP contribution is -2.50. The third-order valence-electron chi connectivity index (χ3n) is 3.03. The van der Waals surface area contributed by atoms with Crippen molar-refractivity contribution in [3.8, 4) is 0 Å². The van der Waals surface area contributed by atoms with Gasteiger partial charge in [-0.2, -0.15) is 0 Å². The summed E-state index contributed by atoms with van der Waals surface area (Å²) in [4.78, 5) is 15.4. The molecule has 0 aliphatic carbocycles. The number of carbonyl (C=O) groups is 1. The van der Waals surface area contributed by atoms with Gasteiger partial charge in [-0.15, -0.1) is 0 Å². The zero-order valence-electron chi connectivity index (χ0n) is 12.1. The Balaban J connectivity index is 2.56. The molecular weight excluding hydrogens is 268 g/mol. The Hall–Kier alpha value is -0.820. The van der Waals surface area contributed by atoms with Crippen molar-refractivity contribution in [2.24, 2.45) is 0 Å². The molecular formula is C12H24N2O4S. The van der Waals surface area contributed by atoms with Crippen LogP contribution < -0.4 is 0 Å². The quantitative estimate of drug-likeness (QED) is 0.782. The fourth-order valence-electron chi connectivity index (χ4n) is 2.12. The van der Waals surface area contributed by atoms with Crippen LogP contribution in [0.4, 0.5) is 4.79 Å². The van der Waals surface area contributed by atoms with Crippen LogP contribution >= 0.6 is 0 Å². The molecule has 0 aromatic carbocycles. The van der Waals surface area contributed by atoms with Crippen molar-refractivity contribution in [3.05, 3.63) is 0 Å². The number of piperidine rings is 1. The number of likely N-dealkylation sites (tertiary alicyclic amines) is 1. The lowest BCUT2D eigenvalue weighted by atomic mass is 10.1. The minimum Gasteiger partial charge on any atom is -0.444 e. The molecule has 0 N–H and O–H groups in total. The molecule has 1 atom stereocenters. The van der Waals surface area contributed by atoms with Gasteiger partial charge in [-0.25, -0.2) is 13.2 Å². The molecule has 1 unspecified atom stereocenters. The van der Waals surface area contributed by atoms with Gasteiger partial charge in [0.15, 0.2) is 10.7 Å². The first kappa shape index (κ1) is 16.2. The summed E-state index contributed by atoms with van der Waals surface area (Å²) < 4.78 is 26.8. The molecule has 0 bridgehead atoms. The topological polar surface area (TPSA) is 66.9 Å². The van der Waals surface area contributed by atoms with Crippen LogP contribution in [0.25, 0.3) is 0 Å². The first-order valence-corrected chi connectivity index (χ1v) is 7.85. The van der Waals surface area contributed by atoms with Gasteiger partial charge in [-0.3, -0.25) is 4.90 Å². The average Bonchev–Trinajstić information content (AvgIpc) is 2.25. The lowest BCUT2D eigenvalue weighted by Gasteiger charge is -2.37. The van der Waals surface area contributed by atoms with Crippen LogP contribution in [0.15, 0.2) is 0 Å². The molecule has 0 aromatic rings. The highest BCUT2D eigenvalue weighted by molar-refractivity contribution is 7.72. The second kappa shape index (κ2) is 6.56. The monoisotopic (exact) mass is 292 g/mol. The summed E-state index contributed by atoms with van der Waals surface area (Å²) >= 11 is 0. The Labute approximate surface area is 116 Å². The summed E-state index contributed by atoms with van der Waals surface area (Å²) in [6.45, 7) is 6.83. The molecule has 0 aromatic heterocycles. The molecule has 0 spiro atoms. The molecule has 0 radical (unpaired) electrons. The van der Waals surface area contributed by atoms with Crippen LogP contribution in [0, 0.1) is 0 Å². The van der Waals surface area contributed by atoms with Crippen LogP contribution in [0.2, 0.25) is 0 Å². The van der Waals surface area contributed by atoms with Gasteiger partial charge in [0.25, 0.3) is 0 Å². The summed E-state index contributed by atoms with van der Waals surface area (Å²) in [5.41, 5.74) is -0.516. The van der Waals surface area contributed by atoms with Gasteiger partial charge in [0.1, 0.15) is 5.60 Å². The summed E-state index contributed by atoms with van der Waals surface area (Å²) in [6.07, 6.45) is 1.41. The van der Waals surface area contributed by atoms with Crippen LogP contribution in [-0.4, -0.2) is 62.0 Å². The molecule has 1 fully saturated rings. The summed E-state index contributed by atoms with van der Waals surface area (Å²) in [5, 5.41) is 0. The maximum absolute atomic E-state index is 12.0. The Morgan fingerprint density at radius 2 is 2.05 bits per heavy atom. The Kier molecular flexibility index (Phi) is 5.61. The van der Waals surface area contributed by atoms with Crippen LogP contribution in [0.5, 0.6) is 0 Å². The van der Waals surface area contributed by atoms with E-state index in [2.05, 4.69) is 0 Å². The van der Waals surface area contributed by atoms with E-state index < -0.39 is 16.3 Å². The molecule has 19 heavy (non-hydrogen) atoms. The minimum absolute atomic E-state index is 0.0125. The summed E-state index contributed by atoms with van der Waals surface area (Å²) in [6, 6.07) is 0.0125. The van der Waals surface area contributed by atoms with E-state index in [0.29, 0.717) is 6.54 Å². The molecule has 1 aliphatic heterocycles. The molecule has 6 nitrogen and oxygen atoms in total. The number of ether oxygens (including phenoxy) is 1. The molecule has 1 rings (SSSR count). The molecule has 1 aliphatic rings. The lowest BCUT2D eigenvalue weighted by molar-refractivity contribution is 0.0147. The zero-order valence-corrected chi connectivity index (χ0v) is 13.0. The molecule has 1 saturated heterocycles. The zero-order chi connectivity index (χ0) is 14.6. The summed E-state index contributed by atoms with van der Waals surface area (Å²) in [5.74, 6) is 0.0635. The summed E-state index contributed by atoms with van der Waals surface area (Å²) in [7, 11) is -0.700. The van der Waals surface area contributed by atoms with Gasteiger partial charge < -0.3 is 9.64 Å². The van der Waals surface area contributed by atoms with Gasteiger partial charge in [0, 0.05) is 19.6 Å². The predicted molar refractivity (Wildman–Crippen MR) is 73.8 cm³/mol. The van der Waals surface area contributed by atoms with E-state index in [1.165, 1.54) is 0 Å². The Bertz CT molecular complexity index is 382. The number of hydrogen-bond acceptors (Lipinski definition) is 5. The number of rotatable bonds is 3. The molecule has 1 amide bonds. The van der Waals surface area contributed by atoms with Crippen LogP contribution in [0.3, 0.4) is 0 Å². The van der Waals surface area contributed by atoms with Crippen molar-refractivity contribution in [3.63, 3.8) is 0 Å². The van der Waals surface area contributed by atoms with E-state index in [1.54, 1.807) is 11.9 Å². The maximum atomic E-state index is 12.0. The van der Waals surface area contributed by atoms with E-state index in [4.69, 9.17) is 4.74 Å². The van der Waals surface area contributed by atoms with E-state index in [1.807, 2.05) is 25.7 Å². The number of likely N-dealkylation sites (N-methyl/N-ethyl adjacent to an activating group) is 1. The smallest absolute Gasteiger partial charge is 0.410 e. The highest BCUT2D eigenvalue weighted by Crippen LogP contribution is 2.17. The van der Waals surface area contributed by atoms with Gasteiger partial charge in [-0.1, -0.05) is 0 Å². The van der Waals surface area contributed by atoms with Crippen molar-refractivity contribution in [1.82, 2.24) is 9.80 Å². The standard InChI is InChI=1S/C12H24N2O4S/c1-12(2,3)18-11(15)13(4)10-6-5-7-14(8-10)9-19(16)17/h10,19H,5-9H2,1-4H3. The van der Waals surface area contributed by atoms with Crippen molar-refractivity contribution >= 4 is 16.8 Å². The maximum Gasteiger partial charge on any atom is 0.410 e. The molecule has 1 heterocycles. The Morgan fingerprint density at radius 3 is 2.58 bits per heavy atom. The number of carbonyl (C=O) groups excluding carboxylic acids is 1. The largest absolute Gasteiger partial charge is 0.444 e. The van der Waals surface area contributed by atoms with Crippen molar-refractivity contribution < 1.29 is 17.9 Å². The Morgan fingerprint density at radius 1 is 1.42 bits per heavy atom. The second-order valence-electron chi connectivity index (χ2n) is 5.94. The number of nitrogens with zero attached hydrogens (tertiary/aromatic N) is 2. The van der Waals surface area contributed by atoms with Crippen LogP contribution in [-0.2, 0) is 15.4 Å². The normalized spacial score (nSPS) is 21.4. The van der Waals surface area contributed by atoms with E-state index >= 15 is 0 Å². The number of thiol groups is 1. The van der Waals surface area contributed by atoms with Gasteiger partial charge in [0.05, 0.1) is 5.88 Å². The number of amides is 1. The van der Waals surface area contributed by atoms with E-state index in [9.17, 15) is 13.2 Å². The van der Waals surface area contributed by atoms with Gasteiger partial charge in [0.2, 0.25) is 0 Å². The fraction of sp³-hybridized carbons (Fsp3) is 0.917. The highest BCUT2D eigenvalue weighted by Gasteiger charge is 2.29. The fourth-order valence-corrected chi connectivity index (χ4v) is 2.71. The van der Waals surface area contributed by atoms with Crippen LogP contribution in [0.1, 0.15) is 33.6 Å². The van der Waals surface area contributed by atoms with Crippen molar-refractivity contribution in [1.29, 1.82) is 0 Å². The SMILES string of the molecule is CN(C(=O)OC(C)(C)C)C1CCCN(C[SH](=O)=O)C1. The third-order valence-corrected chi connectivity index (χ3v) is 3.66. The molecule has 7 heteroatoms. The third kappa shape index (κ3) is 5.78. The van der Waals surface area contributed by atoms with Crippen molar-refractivity contribution in [2.75, 3.05) is 26.0 Å². The molecule has 112 valence electrons. The van der Waals surface area contributed by atoms with Gasteiger partial charge in [-0.05, 0) is 40.2 Å².